The van der Waals surface area contributed by atoms with Gasteiger partial charge < -0.3 is 10.6 Å². The first-order chi connectivity index (χ1) is 11.8. The van der Waals surface area contributed by atoms with Crippen LogP contribution in [0.25, 0.3) is 0 Å². The highest BCUT2D eigenvalue weighted by molar-refractivity contribution is 6.36. The molecule has 11 heteroatoms. The van der Waals surface area contributed by atoms with E-state index in [2.05, 4.69) is 15.1 Å². The topological polar surface area (TPSA) is 137 Å². The minimum absolute atomic E-state index is 0.0218. The van der Waals surface area contributed by atoms with Gasteiger partial charge in [-0.15, -0.1) is 10.1 Å². The van der Waals surface area contributed by atoms with Gasteiger partial charge >= 0.3 is 0 Å². The first-order valence-electron chi connectivity index (χ1n) is 7.16. The SMILES string of the molecule is NC(=NC(=O)CCCCO[N+](=O)[O-])NC(=O)Cc1c(Cl)cccc1Cl. The standard InChI is InChI=1S/C14H16Cl2N4O5/c15-10-4-3-5-11(16)9(10)8-13(22)19-14(17)18-12(21)6-1-2-7-25-20(23)24/h3-5H,1-2,6-8H2,(H3,17,18,19,21,22). The van der Waals surface area contributed by atoms with E-state index in [1.165, 1.54) is 0 Å². The van der Waals surface area contributed by atoms with Crippen LogP contribution in [-0.4, -0.2) is 29.5 Å². The molecule has 0 heterocycles. The van der Waals surface area contributed by atoms with Gasteiger partial charge in [-0.2, -0.15) is 4.99 Å². The molecule has 0 aromatic heterocycles. The van der Waals surface area contributed by atoms with Gasteiger partial charge in [0, 0.05) is 16.5 Å². The highest BCUT2D eigenvalue weighted by Crippen LogP contribution is 2.24. The summed E-state index contributed by atoms with van der Waals surface area (Å²) in [4.78, 5) is 41.0. The quantitative estimate of drug-likeness (QED) is 0.228. The predicted molar refractivity (Wildman–Crippen MR) is 91.7 cm³/mol. The summed E-state index contributed by atoms with van der Waals surface area (Å²) in [5.74, 6) is -1.43. The lowest BCUT2D eigenvalue weighted by atomic mass is 10.1. The second kappa shape index (κ2) is 10.5. The van der Waals surface area contributed by atoms with Crippen molar-refractivity contribution in [2.24, 2.45) is 10.7 Å². The average molecular weight is 391 g/mol. The molecule has 3 N–H and O–H groups in total. The summed E-state index contributed by atoms with van der Waals surface area (Å²) in [7, 11) is 0. The van der Waals surface area contributed by atoms with Crippen LogP contribution in [-0.2, 0) is 20.8 Å². The third kappa shape index (κ3) is 8.32. The third-order valence-electron chi connectivity index (χ3n) is 2.89. The van der Waals surface area contributed by atoms with E-state index < -0.39 is 16.9 Å². The Balaban J connectivity index is 2.42. The van der Waals surface area contributed by atoms with Crippen molar-refractivity contribution in [3.63, 3.8) is 0 Å². The normalized spacial score (nSPS) is 11.0. The molecule has 136 valence electrons. The summed E-state index contributed by atoms with van der Waals surface area (Å²) in [5, 5.41) is 12.0. The molecule has 0 bridgehead atoms. The van der Waals surface area contributed by atoms with E-state index >= 15 is 0 Å². The van der Waals surface area contributed by atoms with Crippen molar-refractivity contribution in [2.45, 2.75) is 25.7 Å². The number of nitrogens with zero attached hydrogens (tertiary/aromatic N) is 2. The number of hydrogen-bond donors (Lipinski definition) is 2. The molecule has 0 aliphatic rings. The Kier molecular flexibility index (Phi) is 8.65. The Labute approximate surface area is 153 Å². The van der Waals surface area contributed by atoms with E-state index in [0.717, 1.165) is 0 Å². The summed E-state index contributed by atoms with van der Waals surface area (Å²) in [6, 6.07) is 4.84. The van der Waals surface area contributed by atoms with E-state index in [4.69, 9.17) is 28.9 Å². The molecule has 0 aliphatic carbocycles. The van der Waals surface area contributed by atoms with E-state index in [9.17, 15) is 19.7 Å². The van der Waals surface area contributed by atoms with E-state index in [0.29, 0.717) is 28.5 Å². The smallest absolute Gasteiger partial charge is 0.294 e. The van der Waals surface area contributed by atoms with E-state index in [1.807, 2.05) is 0 Å². The van der Waals surface area contributed by atoms with Crippen LogP contribution in [0.4, 0.5) is 0 Å². The average Bonchev–Trinajstić information content (AvgIpc) is 2.50. The van der Waals surface area contributed by atoms with E-state index in [-0.39, 0.29) is 25.4 Å². The second-order valence-corrected chi connectivity index (χ2v) is 5.64. The zero-order valence-electron chi connectivity index (χ0n) is 13.0. The van der Waals surface area contributed by atoms with Crippen LogP contribution in [0.3, 0.4) is 0 Å². The van der Waals surface area contributed by atoms with Crippen molar-refractivity contribution in [1.82, 2.24) is 5.32 Å². The lowest BCUT2D eigenvalue weighted by Crippen LogP contribution is -2.38. The second-order valence-electron chi connectivity index (χ2n) is 4.83. The minimum Gasteiger partial charge on any atom is -0.369 e. The number of carbonyl (C=O) groups excluding carboxylic acids is 2. The lowest BCUT2D eigenvalue weighted by molar-refractivity contribution is -0.757. The Morgan fingerprint density at radius 1 is 1.28 bits per heavy atom. The molecule has 1 aromatic rings. The molecule has 0 saturated carbocycles. The van der Waals surface area contributed by atoms with Crippen molar-refractivity contribution in [1.29, 1.82) is 0 Å². The number of halogens is 2. The maximum absolute atomic E-state index is 11.9. The van der Waals surface area contributed by atoms with Gasteiger partial charge in [-0.1, -0.05) is 29.3 Å². The van der Waals surface area contributed by atoms with Crippen LogP contribution < -0.4 is 11.1 Å². The highest BCUT2D eigenvalue weighted by Gasteiger charge is 2.12. The van der Waals surface area contributed by atoms with Crippen LogP contribution in [0, 0.1) is 10.1 Å². The Morgan fingerprint density at radius 2 is 1.92 bits per heavy atom. The monoisotopic (exact) mass is 390 g/mol. The van der Waals surface area contributed by atoms with Gasteiger partial charge in [-0.05, 0) is 30.5 Å². The van der Waals surface area contributed by atoms with Crippen molar-refractivity contribution in [2.75, 3.05) is 6.61 Å². The molecule has 0 atom stereocenters. The van der Waals surface area contributed by atoms with Gasteiger partial charge in [0.25, 0.3) is 5.09 Å². The first kappa shape index (κ1) is 20.7. The zero-order chi connectivity index (χ0) is 18.8. The first-order valence-corrected chi connectivity index (χ1v) is 7.92. The van der Waals surface area contributed by atoms with Crippen LogP contribution in [0.1, 0.15) is 24.8 Å². The van der Waals surface area contributed by atoms with Gasteiger partial charge in [0.1, 0.15) is 0 Å². The number of aliphatic imine (C=N–C) groups is 1. The van der Waals surface area contributed by atoms with Gasteiger partial charge in [0.05, 0.1) is 13.0 Å². The van der Waals surface area contributed by atoms with Crippen LogP contribution >= 0.6 is 23.2 Å². The molecule has 0 radical (unpaired) electrons. The molecule has 0 fully saturated rings. The summed E-state index contributed by atoms with van der Waals surface area (Å²) >= 11 is 11.9. The molecule has 0 aliphatic heterocycles. The van der Waals surface area contributed by atoms with Crippen LogP contribution in [0.5, 0.6) is 0 Å². The molecule has 0 spiro atoms. The Bertz CT molecular complexity index is 661. The molecule has 9 nitrogen and oxygen atoms in total. The Morgan fingerprint density at radius 3 is 2.52 bits per heavy atom. The molecule has 25 heavy (non-hydrogen) atoms. The molecule has 1 aromatic carbocycles. The molecule has 0 saturated heterocycles. The van der Waals surface area contributed by atoms with Gasteiger partial charge in [-0.25, -0.2) is 0 Å². The molecule has 0 unspecified atom stereocenters. The number of nitrogens with one attached hydrogen (secondary N) is 1. The molecular weight excluding hydrogens is 375 g/mol. The number of nitrogens with two attached hydrogens (primary N) is 1. The summed E-state index contributed by atoms with van der Waals surface area (Å²) in [6.45, 7) is -0.102. The van der Waals surface area contributed by atoms with Crippen LogP contribution in [0.2, 0.25) is 10.0 Å². The zero-order valence-corrected chi connectivity index (χ0v) is 14.5. The van der Waals surface area contributed by atoms with E-state index in [1.54, 1.807) is 18.2 Å². The maximum Gasteiger partial charge on any atom is 0.294 e. The minimum atomic E-state index is -0.904. The molecular formula is C14H16Cl2N4O5. The predicted octanol–water partition coefficient (Wildman–Crippen LogP) is 1.87. The molecule has 1 rings (SSSR count). The molecule has 2 amide bonds. The fourth-order valence-corrected chi connectivity index (χ4v) is 2.32. The van der Waals surface area contributed by atoms with Gasteiger partial charge in [0.15, 0.2) is 0 Å². The number of carbonyl (C=O) groups is 2. The maximum atomic E-state index is 11.9. The highest BCUT2D eigenvalue weighted by atomic mass is 35.5. The number of unbranched alkanes of at least 4 members (excludes halogenated alkanes) is 1. The Hall–Kier alpha value is -2.39. The number of benzene rings is 1. The number of amides is 2. The summed E-state index contributed by atoms with van der Waals surface area (Å²) in [5.41, 5.74) is 5.93. The fraction of sp³-hybridized carbons (Fsp3) is 0.357. The largest absolute Gasteiger partial charge is 0.369 e. The third-order valence-corrected chi connectivity index (χ3v) is 3.60. The number of guanidine groups is 1. The van der Waals surface area contributed by atoms with Gasteiger partial charge in [0.2, 0.25) is 17.8 Å². The summed E-state index contributed by atoms with van der Waals surface area (Å²) in [6.07, 6.45) is 0.557. The van der Waals surface area contributed by atoms with Crippen molar-refractivity contribution in [3.05, 3.63) is 43.9 Å². The van der Waals surface area contributed by atoms with Crippen LogP contribution in [0.15, 0.2) is 23.2 Å². The van der Waals surface area contributed by atoms with Gasteiger partial charge in [-0.3, -0.25) is 14.9 Å². The van der Waals surface area contributed by atoms with Crippen molar-refractivity contribution >= 4 is 41.0 Å². The summed E-state index contributed by atoms with van der Waals surface area (Å²) < 4.78 is 0. The number of rotatable bonds is 8. The fourth-order valence-electron chi connectivity index (χ4n) is 1.78. The lowest BCUT2D eigenvalue weighted by Gasteiger charge is -2.07. The number of hydrogen-bond acceptors (Lipinski definition) is 5. The van der Waals surface area contributed by atoms with Crippen molar-refractivity contribution in [3.8, 4) is 0 Å². The van der Waals surface area contributed by atoms with Crippen molar-refractivity contribution < 1.29 is 19.5 Å².